The predicted octanol–water partition coefficient (Wildman–Crippen LogP) is 3.10. The highest BCUT2D eigenvalue weighted by molar-refractivity contribution is 5.92. The smallest absolute Gasteiger partial charge is 0.336 e. The Morgan fingerprint density at radius 1 is 0.857 bits per heavy atom. The Bertz CT molecular complexity index is 1330. The van der Waals surface area contributed by atoms with E-state index < -0.39 is 46.6 Å². The first-order chi connectivity index (χ1) is 16.6. The molecule has 0 spiro atoms. The SMILES string of the molecule is COc1cc([C@@H]2Oc3cc(O)cc(O)c3C[C@@H]2c2c(C(=O)O)cc(OC)c(O)c2O)cc(O)c1O. The summed E-state index contributed by atoms with van der Waals surface area (Å²) in [6, 6.07) is 5.90. The molecule has 0 unspecified atom stereocenters. The van der Waals surface area contributed by atoms with Gasteiger partial charge in [0.05, 0.1) is 19.8 Å². The molecule has 3 aromatic rings. The summed E-state index contributed by atoms with van der Waals surface area (Å²) in [4.78, 5) is 12.1. The third kappa shape index (κ3) is 3.86. The molecule has 2 atom stereocenters. The number of ether oxygens (including phenoxy) is 3. The number of hydrogen-bond acceptors (Lipinski definition) is 10. The molecule has 0 saturated heterocycles. The summed E-state index contributed by atoms with van der Waals surface area (Å²) < 4.78 is 16.1. The van der Waals surface area contributed by atoms with Gasteiger partial charge in [0.1, 0.15) is 23.4 Å². The Labute approximate surface area is 198 Å². The molecular weight excluding hydrogens is 464 g/mol. The van der Waals surface area contributed by atoms with E-state index in [9.17, 15) is 40.5 Å². The van der Waals surface area contributed by atoms with Crippen LogP contribution < -0.4 is 14.2 Å². The molecule has 0 aliphatic carbocycles. The molecule has 0 aromatic heterocycles. The van der Waals surface area contributed by atoms with Gasteiger partial charge in [0.25, 0.3) is 0 Å². The van der Waals surface area contributed by atoms with Crippen molar-refractivity contribution in [3.63, 3.8) is 0 Å². The molecule has 11 nitrogen and oxygen atoms in total. The van der Waals surface area contributed by atoms with Gasteiger partial charge in [-0.3, -0.25) is 0 Å². The zero-order chi connectivity index (χ0) is 25.6. The molecule has 35 heavy (non-hydrogen) atoms. The third-order valence-corrected chi connectivity index (χ3v) is 5.94. The summed E-state index contributed by atoms with van der Waals surface area (Å²) in [7, 11) is 2.46. The van der Waals surface area contributed by atoms with E-state index in [0.717, 1.165) is 12.1 Å². The lowest BCUT2D eigenvalue weighted by atomic mass is 9.79. The Morgan fingerprint density at radius 3 is 2.14 bits per heavy atom. The highest BCUT2D eigenvalue weighted by atomic mass is 16.5. The highest BCUT2D eigenvalue weighted by Gasteiger charge is 2.40. The van der Waals surface area contributed by atoms with Gasteiger partial charge in [-0.15, -0.1) is 0 Å². The molecule has 0 bridgehead atoms. The maximum absolute atomic E-state index is 12.1. The molecule has 1 aliphatic heterocycles. The molecule has 1 heterocycles. The fourth-order valence-corrected chi connectivity index (χ4v) is 4.32. The van der Waals surface area contributed by atoms with Crippen LogP contribution in [0.3, 0.4) is 0 Å². The van der Waals surface area contributed by atoms with Crippen molar-refractivity contribution in [2.75, 3.05) is 14.2 Å². The van der Waals surface area contributed by atoms with Crippen LogP contribution in [0.1, 0.15) is 39.1 Å². The first kappa shape index (κ1) is 23.5. The monoisotopic (exact) mass is 486 g/mol. The minimum atomic E-state index is -1.43. The van der Waals surface area contributed by atoms with Crippen molar-refractivity contribution in [3.05, 3.63) is 52.6 Å². The number of phenols is 6. The van der Waals surface area contributed by atoms with Crippen molar-refractivity contribution in [1.82, 2.24) is 0 Å². The van der Waals surface area contributed by atoms with E-state index in [1.807, 2.05) is 0 Å². The van der Waals surface area contributed by atoms with E-state index in [1.54, 1.807) is 0 Å². The molecule has 1 aliphatic rings. The normalized spacial score (nSPS) is 16.7. The highest BCUT2D eigenvalue weighted by Crippen LogP contribution is 2.54. The molecule has 0 radical (unpaired) electrons. The van der Waals surface area contributed by atoms with E-state index in [2.05, 4.69) is 0 Å². The van der Waals surface area contributed by atoms with Crippen molar-refractivity contribution in [3.8, 4) is 51.7 Å². The van der Waals surface area contributed by atoms with E-state index in [0.29, 0.717) is 0 Å². The summed E-state index contributed by atoms with van der Waals surface area (Å²) in [6.07, 6.45) is -1.24. The maximum Gasteiger partial charge on any atom is 0.336 e. The van der Waals surface area contributed by atoms with Gasteiger partial charge in [-0.05, 0) is 24.6 Å². The number of fused-ring (bicyclic) bond motifs is 1. The number of carbonyl (C=O) groups is 1. The van der Waals surface area contributed by atoms with Crippen molar-refractivity contribution in [2.24, 2.45) is 0 Å². The standard InChI is InChI=1S/C24H22O11/c1-33-17-4-9(3-15(27)20(17)28)23-12(7-11-14(26)5-10(25)6-16(11)35-23)19-13(24(31)32)8-18(34-2)21(29)22(19)30/h3-6,8,12,23,25-30H,7H2,1-2H3,(H,31,32)/t12-,23+/m1/s1. The quantitative estimate of drug-likeness (QED) is 0.263. The van der Waals surface area contributed by atoms with Gasteiger partial charge in [-0.25, -0.2) is 4.79 Å². The topological polar surface area (TPSA) is 186 Å². The fourth-order valence-electron chi connectivity index (χ4n) is 4.32. The molecule has 3 aromatic carbocycles. The number of benzene rings is 3. The summed E-state index contributed by atoms with van der Waals surface area (Å²) in [6.45, 7) is 0. The minimum absolute atomic E-state index is 0.0735. The molecule has 184 valence electrons. The van der Waals surface area contributed by atoms with Gasteiger partial charge in [-0.1, -0.05) is 0 Å². The number of carboxylic acids is 1. The second-order valence-electron chi connectivity index (χ2n) is 7.92. The third-order valence-electron chi connectivity index (χ3n) is 5.94. The lowest BCUT2D eigenvalue weighted by Gasteiger charge is -2.36. The second-order valence-corrected chi connectivity index (χ2v) is 7.92. The molecule has 4 rings (SSSR count). The number of methoxy groups -OCH3 is 2. The van der Waals surface area contributed by atoms with Crippen LogP contribution in [0.4, 0.5) is 0 Å². The zero-order valence-electron chi connectivity index (χ0n) is 18.5. The fraction of sp³-hybridized carbons (Fsp3) is 0.208. The van der Waals surface area contributed by atoms with Crippen molar-refractivity contribution >= 4 is 5.97 Å². The van der Waals surface area contributed by atoms with E-state index in [4.69, 9.17) is 14.2 Å². The van der Waals surface area contributed by atoms with Gasteiger partial charge in [0.15, 0.2) is 23.0 Å². The van der Waals surface area contributed by atoms with Crippen LogP contribution in [-0.4, -0.2) is 55.9 Å². The van der Waals surface area contributed by atoms with Crippen LogP contribution in [-0.2, 0) is 6.42 Å². The molecule has 7 N–H and O–H groups in total. The van der Waals surface area contributed by atoms with Crippen LogP contribution in [0.2, 0.25) is 0 Å². The average Bonchev–Trinajstić information content (AvgIpc) is 2.81. The molecule has 0 amide bonds. The van der Waals surface area contributed by atoms with Crippen LogP contribution in [0.25, 0.3) is 0 Å². The van der Waals surface area contributed by atoms with Gasteiger partial charge in [0.2, 0.25) is 11.5 Å². The van der Waals surface area contributed by atoms with Gasteiger partial charge in [-0.2, -0.15) is 0 Å². The molecule has 11 heteroatoms. The van der Waals surface area contributed by atoms with E-state index >= 15 is 0 Å². The Balaban J connectivity index is 2.01. The van der Waals surface area contributed by atoms with Crippen LogP contribution in [0.5, 0.6) is 51.7 Å². The summed E-state index contributed by atoms with van der Waals surface area (Å²) >= 11 is 0. The van der Waals surface area contributed by atoms with Gasteiger partial charge >= 0.3 is 5.97 Å². The number of aromatic hydroxyl groups is 6. The lowest BCUT2D eigenvalue weighted by Crippen LogP contribution is -2.26. The second kappa shape index (κ2) is 8.60. The van der Waals surface area contributed by atoms with E-state index in [-0.39, 0.29) is 51.9 Å². The number of aromatic carboxylic acids is 1. The van der Waals surface area contributed by atoms with Crippen LogP contribution in [0, 0.1) is 0 Å². The maximum atomic E-state index is 12.1. The van der Waals surface area contributed by atoms with Crippen LogP contribution >= 0.6 is 0 Å². The Hall–Kier alpha value is -4.67. The van der Waals surface area contributed by atoms with E-state index in [1.165, 1.54) is 32.4 Å². The average molecular weight is 486 g/mol. The van der Waals surface area contributed by atoms with Gasteiger partial charge in [0, 0.05) is 34.7 Å². The number of phenolic OH excluding ortho intramolecular Hbond substituents is 6. The minimum Gasteiger partial charge on any atom is -0.508 e. The zero-order valence-corrected chi connectivity index (χ0v) is 18.5. The van der Waals surface area contributed by atoms with Gasteiger partial charge < -0.3 is 50.0 Å². The first-order valence-corrected chi connectivity index (χ1v) is 10.2. The lowest BCUT2D eigenvalue weighted by molar-refractivity contribution is 0.0691. The Kier molecular flexibility index (Phi) is 5.77. The summed E-state index contributed by atoms with van der Waals surface area (Å²) in [5.41, 5.74) is -0.190. The number of rotatable bonds is 5. The summed E-state index contributed by atoms with van der Waals surface area (Å²) in [5, 5.41) is 71.8. The van der Waals surface area contributed by atoms with Crippen molar-refractivity contribution < 1.29 is 54.8 Å². The van der Waals surface area contributed by atoms with Crippen LogP contribution in [0.15, 0.2) is 30.3 Å². The summed E-state index contributed by atoms with van der Waals surface area (Å²) in [5.74, 6) is -5.94. The van der Waals surface area contributed by atoms with Crippen molar-refractivity contribution in [2.45, 2.75) is 18.4 Å². The predicted molar refractivity (Wildman–Crippen MR) is 119 cm³/mol. The number of hydrogen-bond donors (Lipinski definition) is 7. The molecular formula is C24H22O11. The van der Waals surface area contributed by atoms with Crippen molar-refractivity contribution in [1.29, 1.82) is 0 Å². The first-order valence-electron chi connectivity index (χ1n) is 10.2. The largest absolute Gasteiger partial charge is 0.508 e. The molecule has 0 fully saturated rings. The number of carboxylic acid groups (broad SMARTS) is 1. The molecule has 0 saturated carbocycles. The Morgan fingerprint density at radius 2 is 1.51 bits per heavy atom.